The van der Waals surface area contributed by atoms with Gasteiger partial charge in [-0.05, 0) is 24.6 Å². The van der Waals surface area contributed by atoms with Gasteiger partial charge >= 0.3 is 0 Å². The Hall–Kier alpha value is -3.43. The molecular formula is C23H20N4O3S2. The van der Waals surface area contributed by atoms with E-state index < -0.39 is 0 Å². The zero-order chi connectivity index (χ0) is 22.5. The first-order valence-electron chi connectivity index (χ1n) is 9.75. The van der Waals surface area contributed by atoms with Crippen LogP contribution in [0.3, 0.4) is 0 Å². The summed E-state index contributed by atoms with van der Waals surface area (Å²) in [6.07, 6.45) is 4.58. The van der Waals surface area contributed by atoms with Crippen LogP contribution in [0.4, 0.5) is 0 Å². The van der Waals surface area contributed by atoms with E-state index in [-0.39, 0.29) is 17.2 Å². The summed E-state index contributed by atoms with van der Waals surface area (Å²) in [5.74, 6) is 0.275. The van der Waals surface area contributed by atoms with Crippen LogP contribution < -0.4 is 11.0 Å². The van der Waals surface area contributed by atoms with E-state index in [2.05, 4.69) is 22.1 Å². The molecule has 1 aromatic carbocycles. The molecule has 3 aromatic heterocycles. The molecule has 0 aliphatic heterocycles. The highest BCUT2D eigenvalue weighted by Crippen LogP contribution is 2.32. The minimum atomic E-state index is -0.316. The van der Waals surface area contributed by atoms with Crippen LogP contribution in [0, 0.1) is 6.92 Å². The molecule has 0 saturated heterocycles. The molecule has 9 heteroatoms. The zero-order valence-electron chi connectivity index (χ0n) is 17.3. The fraction of sp³-hybridized carbons (Fsp3) is 0.130. The van der Waals surface area contributed by atoms with Crippen LogP contribution in [-0.4, -0.2) is 27.4 Å². The predicted molar refractivity (Wildman–Crippen MR) is 129 cm³/mol. The van der Waals surface area contributed by atoms with E-state index in [4.69, 9.17) is 4.42 Å². The molecule has 0 saturated carbocycles. The number of amides is 1. The quantitative estimate of drug-likeness (QED) is 0.137. The van der Waals surface area contributed by atoms with Crippen molar-refractivity contribution < 1.29 is 9.21 Å². The van der Waals surface area contributed by atoms with Gasteiger partial charge in [-0.3, -0.25) is 14.2 Å². The van der Waals surface area contributed by atoms with E-state index in [1.807, 2.05) is 36.6 Å². The highest BCUT2D eigenvalue weighted by Gasteiger charge is 2.17. The number of thioether (sulfide) groups is 1. The number of aryl methyl sites for hydroxylation is 1. The number of carbonyl (C=O) groups excluding carboxylic acids is 1. The number of hydrazone groups is 1. The third-order valence-corrected chi connectivity index (χ3v) is 6.44. The van der Waals surface area contributed by atoms with Gasteiger partial charge in [-0.25, -0.2) is 10.4 Å². The Kier molecular flexibility index (Phi) is 6.67. The SMILES string of the molecule is C=CCn1c(SCC(=O)N/N=C/c2ccco2)nc2scc(-c3ccc(C)cc3)c2c1=O. The van der Waals surface area contributed by atoms with E-state index in [1.54, 1.807) is 22.8 Å². The Bertz CT molecular complexity index is 1340. The molecule has 4 rings (SSSR count). The monoisotopic (exact) mass is 464 g/mol. The second-order valence-corrected chi connectivity index (χ2v) is 8.69. The molecule has 1 N–H and O–H groups in total. The van der Waals surface area contributed by atoms with E-state index >= 15 is 0 Å². The highest BCUT2D eigenvalue weighted by atomic mass is 32.2. The fourth-order valence-corrected chi connectivity index (χ4v) is 4.84. The predicted octanol–water partition coefficient (Wildman–Crippen LogP) is 4.45. The van der Waals surface area contributed by atoms with Crippen LogP contribution in [0.25, 0.3) is 21.3 Å². The van der Waals surface area contributed by atoms with Crippen LogP contribution in [0.1, 0.15) is 11.3 Å². The lowest BCUT2D eigenvalue weighted by molar-refractivity contribution is -0.118. The number of nitrogens with one attached hydrogen (secondary N) is 1. The summed E-state index contributed by atoms with van der Waals surface area (Å²) in [4.78, 5) is 30.8. The van der Waals surface area contributed by atoms with Crippen LogP contribution >= 0.6 is 23.1 Å². The normalized spacial score (nSPS) is 11.3. The zero-order valence-corrected chi connectivity index (χ0v) is 18.9. The van der Waals surface area contributed by atoms with E-state index in [0.29, 0.717) is 27.7 Å². The van der Waals surface area contributed by atoms with Gasteiger partial charge in [-0.15, -0.1) is 17.9 Å². The third-order valence-electron chi connectivity index (χ3n) is 4.59. The van der Waals surface area contributed by atoms with E-state index in [0.717, 1.165) is 16.7 Å². The fourth-order valence-electron chi connectivity index (χ4n) is 3.05. The lowest BCUT2D eigenvalue weighted by Crippen LogP contribution is -2.24. The van der Waals surface area contributed by atoms with Crippen molar-refractivity contribution in [1.29, 1.82) is 0 Å². The molecular weight excluding hydrogens is 444 g/mol. The maximum atomic E-state index is 13.3. The summed E-state index contributed by atoms with van der Waals surface area (Å²) in [6, 6.07) is 11.5. The smallest absolute Gasteiger partial charge is 0.263 e. The van der Waals surface area contributed by atoms with Crippen molar-refractivity contribution in [3.8, 4) is 11.1 Å². The van der Waals surface area contributed by atoms with Crippen LogP contribution in [0.5, 0.6) is 0 Å². The average molecular weight is 465 g/mol. The van der Waals surface area contributed by atoms with Gasteiger partial charge in [0.15, 0.2) is 5.16 Å². The first kappa shape index (κ1) is 21.8. The second kappa shape index (κ2) is 9.80. The number of rotatable bonds is 8. The Morgan fingerprint density at radius 3 is 2.88 bits per heavy atom. The average Bonchev–Trinajstić information content (AvgIpc) is 3.45. The van der Waals surface area contributed by atoms with Gasteiger partial charge in [-0.1, -0.05) is 47.7 Å². The van der Waals surface area contributed by atoms with Crippen molar-refractivity contribution in [3.63, 3.8) is 0 Å². The molecule has 3 heterocycles. The summed E-state index contributed by atoms with van der Waals surface area (Å²) in [6.45, 7) is 6.08. The number of allylic oxidation sites excluding steroid dienone is 1. The van der Waals surface area contributed by atoms with Gasteiger partial charge in [-0.2, -0.15) is 5.10 Å². The van der Waals surface area contributed by atoms with Crippen molar-refractivity contribution in [2.45, 2.75) is 18.6 Å². The Morgan fingerprint density at radius 1 is 1.34 bits per heavy atom. The maximum Gasteiger partial charge on any atom is 0.263 e. The summed E-state index contributed by atoms with van der Waals surface area (Å²) in [5, 5.41) is 6.86. The molecule has 0 radical (unpaired) electrons. The van der Waals surface area contributed by atoms with Crippen molar-refractivity contribution in [1.82, 2.24) is 15.0 Å². The molecule has 0 aliphatic rings. The number of benzene rings is 1. The summed E-state index contributed by atoms with van der Waals surface area (Å²) in [7, 11) is 0. The molecule has 4 aromatic rings. The molecule has 0 atom stereocenters. The minimum Gasteiger partial charge on any atom is -0.463 e. The largest absolute Gasteiger partial charge is 0.463 e. The molecule has 0 fully saturated rings. The number of fused-ring (bicyclic) bond motifs is 1. The van der Waals surface area contributed by atoms with Crippen LogP contribution in [0.2, 0.25) is 0 Å². The molecule has 7 nitrogen and oxygen atoms in total. The Labute approximate surface area is 192 Å². The third kappa shape index (κ3) is 4.74. The second-order valence-electron chi connectivity index (χ2n) is 6.89. The molecule has 0 spiro atoms. The number of hydrogen-bond donors (Lipinski definition) is 1. The molecule has 1 amide bonds. The molecule has 0 bridgehead atoms. The van der Waals surface area contributed by atoms with Gasteiger partial charge in [0.05, 0.1) is 23.6 Å². The molecule has 0 unspecified atom stereocenters. The summed E-state index contributed by atoms with van der Waals surface area (Å²) < 4.78 is 6.66. The number of thiophene rings is 1. The van der Waals surface area contributed by atoms with Crippen molar-refractivity contribution in [3.05, 3.63) is 82.4 Å². The molecule has 32 heavy (non-hydrogen) atoms. The van der Waals surface area contributed by atoms with Gasteiger partial charge in [0, 0.05) is 17.5 Å². The van der Waals surface area contributed by atoms with Gasteiger partial charge < -0.3 is 4.42 Å². The Balaban J connectivity index is 1.58. The first-order chi connectivity index (χ1) is 15.6. The van der Waals surface area contributed by atoms with Crippen molar-refractivity contribution >= 4 is 45.4 Å². The Morgan fingerprint density at radius 2 is 2.16 bits per heavy atom. The van der Waals surface area contributed by atoms with Gasteiger partial charge in [0.1, 0.15) is 10.6 Å². The lowest BCUT2D eigenvalue weighted by Gasteiger charge is -2.10. The van der Waals surface area contributed by atoms with E-state index in [9.17, 15) is 9.59 Å². The van der Waals surface area contributed by atoms with Crippen molar-refractivity contribution in [2.75, 3.05) is 5.75 Å². The number of hydrogen-bond acceptors (Lipinski definition) is 7. The summed E-state index contributed by atoms with van der Waals surface area (Å²) >= 11 is 2.60. The minimum absolute atomic E-state index is 0.0563. The topological polar surface area (TPSA) is 89.5 Å². The van der Waals surface area contributed by atoms with Gasteiger partial charge in [0.2, 0.25) is 0 Å². The highest BCUT2D eigenvalue weighted by molar-refractivity contribution is 7.99. The number of carbonyl (C=O) groups is 1. The van der Waals surface area contributed by atoms with Gasteiger partial charge in [0.25, 0.3) is 11.5 Å². The van der Waals surface area contributed by atoms with E-state index in [1.165, 1.54) is 35.6 Å². The number of nitrogens with zero attached hydrogens (tertiary/aromatic N) is 3. The standard InChI is InChI=1S/C23H20N4O3S2/c1-3-10-27-22(29)20-18(16-8-6-15(2)7-9-16)13-31-21(20)25-23(27)32-14-19(28)26-24-12-17-5-4-11-30-17/h3-9,11-13H,1,10,14H2,2H3,(H,26,28)/b24-12+. The van der Waals surface area contributed by atoms with Crippen molar-refractivity contribution in [2.24, 2.45) is 5.10 Å². The first-order valence-corrected chi connectivity index (χ1v) is 11.6. The molecule has 162 valence electrons. The van der Waals surface area contributed by atoms with Crippen LogP contribution in [0.15, 0.2) is 80.2 Å². The maximum absolute atomic E-state index is 13.3. The number of furan rings is 1. The lowest BCUT2D eigenvalue weighted by atomic mass is 10.1. The summed E-state index contributed by atoms with van der Waals surface area (Å²) in [5.41, 5.74) is 5.28. The van der Waals surface area contributed by atoms with Crippen LogP contribution in [-0.2, 0) is 11.3 Å². The molecule has 0 aliphatic carbocycles. The number of aromatic nitrogens is 2.